The minimum atomic E-state index is -0.666. The predicted molar refractivity (Wildman–Crippen MR) is 106 cm³/mol. The molecule has 0 atom stereocenters. The van der Waals surface area contributed by atoms with Crippen LogP contribution in [0, 0.1) is 5.92 Å². The van der Waals surface area contributed by atoms with Gasteiger partial charge in [-0.3, -0.25) is 0 Å². The first-order valence-electron chi connectivity index (χ1n) is 9.62. The van der Waals surface area contributed by atoms with E-state index in [1.54, 1.807) is 0 Å². The number of hydrogen-bond donors (Lipinski definition) is 1. The number of ether oxygens (including phenoxy) is 2. The molecule has 28 heavy (non-hydrogen) atoms. The van der Waals surface area contributed by atoms with Crippen molar-refractivity contribution in [2.75, 3.05) is 19.6 Å². The molecule has 6 nitrogen and oxygen atoms in total. The SMILES string of the molecule is O=C(OCc1ccccc1)N(CC1CCNCC1)C(=O)OCc1ccccc1. The number of amides is 2. The summed E-state index contributed by atoms with van der Waals surface area (Å²) >= 11 is 0. The summed E-state index contributed by atoms with van der Waals surface area (Å²) in [5.41, 5.74) is 1.74. The Morgan fingerprint density at radius 3 is 1.75 bits per heavy atom. The minimum Gasteiger partial charge on any atom is -0.444 e. The molecule has 1 aliphatic rings. The van der Waals surface area contributed by atoms with Crippen LogP contribution in [0.3, 0.4) is 0 Å². The number of nitrogens with one attached hydrogen (secondary N) is 1. The predicted octanol–water partition coefficient (Wildman–Crippen LogP) is 3.96. The lowest BCUT2D eigenvalue weighted by Gasteiger charge is -2.28. The van der Waals surface area contributed by atoms with Crippen molar-refractivity contribution in [2.45, 2.75) is 26.1 Å². The van der Waals surface area contributed by atoms with Crippen LogP contribution in [-0.2, 0) is 22.7 Å². The fraction of sp³-hybridized carbons (Fsp3) is 0.364. The Kier molecular flexibility index (Phi) is 7.44. The van der Waals surface area contributed by atoms with Gasteiger partial charge in [-0.1, -0.05) is 60.7 Å². The van der Waals surface area contributed by atoms with Crippen molar-refractivity contribution in [1.82, 2.24) is 10.2 Å². The van der Waals surface area contributed by atoms with Crippen molar-refractivity contribution in [1.29, 1.82) is 0 Å². The van der Waals surface area contributed by atoms with Gasteiger partial charge in [0.15, 0.2) is 0 Å². The van der Waals surface area contributed by atoms with Crippen molar-refractivity contribution in [2.24, 2.45) is 5.92 Å². The summed E-state index contributed by atoms with van der Waals surface area (Å²) in [5, 5.41) is 3.29. The summed E-state index contributed by atoms with van der Waals surface area (Å²) in [7, 11) is 0. The highest BCUT2D eigenvalue weighted by molar-refractivity contribution is 5.87. The molecule has 148 valence electrons. The normalized spacial score (nSPS) is 14.3. The summed E-state index contributed by atoms with van der Waals surface area (Å²) in [4.78, 5) is 26.4. The van der Waals surface area contributed by atoms with Gasteiger partial charge in [-0.2, -0.15) is 0 Å². The molecular weight excluding hydrogens is 356 g/mol. The Hall–Kier alpha value is -2.86. The van der Waals surface area contributed by atoms with E-state index in [9.17, 15) is 9.59 Å². The van der Waals surface area contributed by atoms with E-state index in [2.05, 4.69) is 5.32 Å². The maximum atomic E-state index is 12.6. The van der Waals surface area contributed by atoms with Gasteiger partial charge in [0.2, 0.25) is 0 Å². The number of hydrogen-bond acceptors (Lipinski definition) is 5. The number of carbonyl (C=O) groups excluding carboxylic acids is 2. The van der Waals surface area contributed by atoms with Crippen LogP contribution in [0.1, 0.15) is 24.0 Å². The number of carbonyl (C=O) groups is 2. The fourth-order valence-electron chi connectivity index (χ4n) is 3.14. The van der Waals surface area contributed by atoms with Crippen molar-refractivity contribution >= 4 is 12.2 Å². The van der Waals surface area contributed by atoms with E-state index in [0.717, 1.165) is 42.0 Å². The van der Waals surface area contributed by atoms with Crippen LogP contribution < -0.4 is 5.32 Å². The van der Waals surface area contributed by atoms with Crippen LogP contribution in [0.25, 0.3) is 0 Å². The molecule has 0 aromatic heterocycles. The zero-order valence-electron chi connectivity index (χ0n) is 15.9. The molecule has 2 aromatic rings. The van der Waals surface area contributed by atoms with Crippen LogP contribution in [0.4, 0.5) is 9.59 Å². The first kappa shape index (κ1) is 19.9. The third kappa shape index (κ3) is 6.09. The summed E-state index contributed by atoms with van der Waals surface area (Å²) in [6.45, 7) is 2.32. The third-order valence-corrected chi connectivity index (χ3v) is 4.75. The van der Waals surface area contributed by atoms with E-state index in [-0.39, 0.29) is 19.1 Å². The highest BCUT2D eigenvalue weighted by Crippen LogP contribution is 2.16. The zero-order valence-corrected chi connectivity index (χ0v) is 15.9. The molecule has 2 amide bonds. The van der Waals surface area contributed by atoms with Gasteiger partial charge in [-0.15, -0.1) is 0 Å². The van der Waals surface area contributed by atoms with Gasteiger partial charge in [-0.05, 0) is 43.0 Å². The second-order valence-electron chi connectivity index (χ2n) is 6.88. The quantitative estimate of drug-likeness (QED) is 0.819. The Balaban J connectivity index is 1.60. The van der Waals surface area contributed by atoms with Crippen molar-refractivity contribution in [3.8, 4) is 0 Å². The average Bonchev–Trinajstić information content (AvgIpc) is 2.76. The standard InChI is InChI=1S/C22H26N2O4/c25-21(27-16-19-7-3-1-4-8-19)24(15-18-11-13-23-14-12-18)22(26)28-17-20-9-5-2-6-10-20/h1-10,18,23H,11-17H2. The third-order valence-electron chi connectivity index (χ3n) is 4.75. The van der Waals surface area contributed by atoms with Crippen LogP contribution in [0.5, 0.6) is 0 Å². The molecule has 2 aromatic carbocycles. The minimum absolute atomic E-state index is 0.119. The molecule has 1 N–H and O–H groups in total. The summed E-state index contributed by atoms with van der Waals surface area (Å²) < 4.78 is 10.8. The van der Waals surface area contributed by atoms with Gasteiger partial charge in [0.25, 0.3) is 0 Å². The zero-order chi connectivity index (χ0) is 19.6. The van der Waals surface area contributed by atoms with Gasteiger partial charge in [0, 0.05) is 6.54 Å². The average molecular weight is 382 g/mol. The van der Waals surface area contributed by atoms with E-state index < -0.39 is 12.2 Å². The lowest BCUT2D eigenvalue weighted by Crippen LogP contribution is -2.43. The Morgan fingerprint density at radius 1 is 0.821 bits per heavy atom. The maximum absolute atomic E-state index is 12.6. The number of benzene rings is 2. The van der Waals surface area contributed by atoms with Gasteiger partial charge in [-0.25, -0.2) is 14.5 Å². The molecule has 6 heteroatoms. The van der Waals surface area contributed by atoms with Gasteiger partial charge in [0.1, 0.15) is 13.2 Å². The number of imide groups is 1. The van der Waals surface area contributed by atoms with E-state index in [0.29, 0.717) is 6.54 Å². The fourth-order valence-corrected chi connectivity index (χ4v) is 3.14. The summed E-state index contributed by atoms with van der Waals surface area (Å²) in [6.07, 6.45) is 0.490. The van der Waals surface area contributed by atoms with Crippen LogP contribution in [0.2, 0.25) is 0 Å². The van der Waals surface area contributed by atoms with Crippen molar-refractivity contribution in [3.63, 3.8) is 0 Å². The smallest absolute Gasteiger partial charge is 0.419 e. The molecule has 0 radical (unpaired) electrons. The molecule has 0 bridgehead atoms. The topological polar surface area (TPSA) is 67.9 Å². The first-order valence-corrected chi connectivity index (χ1v) is 9.62. The highest BCUT2D eigenvalue weighted by Gasteiger charge is 2.28. The van der Waals surface area contributed by atoms with E-state index in [1.165, 1.54) is 0 Å². The Morgan fingerprint density at radius 2 is 1.29 bits per heavy atom. The molecule has 0 unspecified atom stereocenters. The largest absolute Gasteiger partial charge is 0.444 e. The molecule has 1 aliphatic heterocycles. The Labute approximate surface area is 165 Å². The lowest BCUT2D eigenvalue weighted by atomic mass is 9.98. The molecule has 1 heterocycles. The summed E-state index contributed by atoms with van der Waals surface area (Å²) in [5.74, 6) is 0.245. The highest BCUT2D eigenvalue weighted by atomic mass is 16.6. The second kappa shape index (κ2) is 10.5. The van der Waals surface area contributed by atoms with E-state index in [4.69, 9.17) is 9.47 Å². The molecule has 0 saturated carbocycles. The van der Waals surface area contributed by atoms with Crippen molar-refractivity contribution < 1.29 is 19.1 Å². The van der Waals surface area contributed by atoms with Gasteiger partial charge >= 0.3 is 12.2 Å². The van der Waals surface area contributed by atoms with E-state index in [1.807, 2.05) is 60.7 Å². The molecule has 0 spiro atoms. The van der Waals surface area contributed by atoms with Gasteiger partial charge in [0.05, 0.1) is 0 Å². The van der Waals surface area contributed by atoms with Crippen LogP contribution >= 0.6 is 0 Å². The van der Waals surface area contributed by atoms with Crippen molar-refractivity contribution in [3.05, 3.63) is 71.8 Å². The van der Waals surface area contributed by atoms with Gasteiger partial charge < -0.3 is 14.8 Å². The molecule has 1 fully saturated rings. The van der Waals surface area contributed by atoms with E-state index >= 15 is 0 Å². The molecule has 3 rings (SSSR count). The molecular formula is C22H26N2O4. The number of nitrogens with zero attached hydrogens (tertiary/aromatic N) is 1. The second-order valence-corrected chi connectivity index (χ2v) is 6.88. The maximum Gasteiger partial charge on any atom is 0.419 e. The first-order chi connectivity index (χ1) is 13.7. The monoisotopic (exact) mass is 382 g/mol. The Bertz CT molecular complexity index is 690. The van der Waals surface area contributed by atoms with Crippen LogP contribution in [-0.4, -0.2) is 36.7 Å². The van der Waals surface area contributed by atoms with Crippen LogP contribution in [0.15, 0.2) is 60.7 Å². The number of piperidine rings is 1. The summed E-state index contributed by atoms with van der Waals surface area (Å²) in [6, 6.07) is 18.8. The lowest BCUT2D eigenvalue weighted by molar-refractivity contribution is 0.0630. The molecule has 1 saturated heterocycles. The molecule has 0 aliphatic carbocycles. The number of rotatable bonds is 6.